The molecular formula is C13H12F3N3O4. The summed E-state index contributed by atoms with van der Waals surface area (Å²) in [5, 5.41) is 10.8. The van der Waals surface area contributed by atoms with Gasteiger partial charge in [0.05, 0.1) is 10.6 Å². The number of nitro benzene ring substituents is 1. The van der Waals surface area contributed by atoms with Gasteiger partial charge in [0.25, 0.3) is 5.69 Å². The van der Waals surface area contributed by atoms with Crippen molar-refractivity contribution in [3.8, 4) is 0 Å². The van der Waals surface area contributed by atoms with E-state index in [9.17, 15) is 32.9 Å². The summed E-state index contributed by atoms with van der Waals surface area (Å²) >= 11 is 0. The number of piperazine rings is 1. The third kappa shape index (κ3) is 3.41. The average Bonchev–Trinajstić information content (AvgIpc) is 2.47. The molecule has 10 heteroatoms. The molecule has 1 atom stereocenters. The fourth-order valence-electron chi connectivity index (χ4n) is 2.31. The molecule has 1 heterocycles. The standard InChI is InChI=1S/C13H12F3N3O4/c1-8-6-18(9-3-2-4-10(5-9)19(22)23)11(20)7-17(8)12(21)13(14,15)16/h2-5,8H,6-7H2,1H3/t8-/m1/s1. The Morgan fingerprint density at radius 3 is 2.61 bits per heavy atom. The number of hydrogen-bond donors (Lipinski definition) is 0. The Labute approximate surface area is 128 Å². The van der Waals surface area contributed by atoms with Gasteiger partial charge in [0.15, 0.2) is 0 Å². The Morgan fingerprint density at radius 1 is 1.39 bits per heavy atom. The molecule has 1 aliphatic rings. The molecule has 1 aromatic carbocycles. The summed E-state index contributed by atoms with van der Waals surface area (Å²) in [6.45, 7) is 0.463. The number of halogens is 3. The summed E-state index contributed by atoms with van der Waals surface area (Å²) in [7, 11) is 0. The Kier molecular flexibility index (Phi) is 4.26. The number of nitrogens with zero attached hydrogens (tertiary/aromatic N) is 3. The largest absolute Gasteiger partial charge is 0.471 e. The highest BCUT2D eigenvalue weighted by atomic mass is 19.4. The summed E-state index contributed by atoms with van der Waals surface area (Å²) in [4.78, 5) is 35.1. The van der Waals surface area contributed by atoms with E-state index in [1.54, 1.807) is 0 Å². The smallest absolute Gasteiger partial charge is 0.321 e. The first-order valence-electron chi connectivity index (χ1n) is 6.54. The van der Waals surface area contributed by atoms with E-state index in [1.165, 1.54) is 25.1 Å². The van der Waals surface area contributed by atoms with E-state index < -0.39 is 35.5 Å². The zero-order chi connectivity index (χ0) is 17.4. The molecule has 0 aromatic heterocycles. The van der Waals surface area contributed by atoms with Crippen LogP contribution in [-0.2, 0) is 9.59 Å². The number of alkyl halides is 3. The first-order chi connectivity index (χ1) is 10.6. The third-order valence-electron chi connectivity index (χ3n) is 3.44. The third-order valence-corrected chi connectivity index (χ3v) is 3.44. The van der Waals surface area contributed by atoms with Crippen LogP contribution in [0.15, 0.2) is 24.3 Å². The molecule has 2 amide bonds. The Morgan fingerprint density at radius 2 is 2.04 bits per heavy atom. The van der Waals surface area contributed by atoms with Crippen LogP contribution in [0.4, 0.5) is 24.5 Å². The van der Waals surface area contributed by atoms with Crippen LogP contribution >= 0.6 is 0 Å². The molecule has 0 bridgehead atoms. The number of anilines is 1. The van der Waals surface area contributed by atoms with Gasteiger partial charge in [-0.15, -0.1) is 0 Å². The summed E-state index contributed by atoms with van der Waals surface area (Å²) in [5.41, 5.74) is -0.0353. The van der Waals surface area contributed by atoms with Crippen molar-refractivity contribution in [1.82, 2.24) is 4.90 Å². The lowest BCUT2D eigenvalue weighted by Gasteiger charge is -2.39. The number of carbonyl (C=O) groups is 2. The summed E-state index contributed by atoms with van der Waals surface area (Å²) in [5.74, 6) is -2.81. The van der Waals surface area contributed by atoms with E-state index in [0.29, 0.717) is 4.90 Å². The summed E-state index contributed by atoms with van der Waals surface area (Å²) in [6.07, 6.45) is -5.05. The monoisotopic (exact) mass is 331 g/mol. The van der Waals surface area contributed by atoms with Gasteiger partial charge in [-0.25, -0.2) is 0 Å². The molecule has 0 aliphatic carbocycles. The van der Waals surface area contributed by atoms with E-state index in [4.69, 9.17) is 0 Å². The molecule has 124 valence electrons. The normalized spacial score (nSPS) is 19.0. The van der Waals surface area contributed by atoms with Crippen LogP contribution in [0.1, 0.15) is 6.92 Å². The number of non-ortho nitro benzene ring substituents is 1. The topological polar surface area (TPSA) is 83.8 Å². The quantitative estimate of drug-likeness (QED) is 0.610. The SMILES string of the molecule is C[C@@H]1CN(c2cccc([N+](=O)[O-])c2)C(=O)CN1C(=O)C(F)(F)F. The van der Waals surface area contributed by atoms with E-state index in [0.717, 1.165) is 11.0 Å². The minimum atomic E-state index is -5.05. The van der Waals surface area contributed by atoms with Crippen LogP contribution in [-0.4, -0.2) is 46.9 Å². The fraction of sp³-hybridized carbons (Fsp3) is 0.385. The lowest BCUT2D eigenvalue weighted by Crippen LogP contribution is -2.59. The molecule has 1 aliphatic heterocycles. The molecule has 1 fully saturated rings. The van der Waals surface area contributed by atoms with Crippen LogP contribution in [0.3, 0.4) is 0 Å². The zero-order valence-corrected chi connectivity index (χ0v) is 11.9. The van der Waals surface area contributed by atoms with Crippen molar-refractivity contribution in [2.24, 2.45) is 0 Å². The van der Waals surface area contributed by atoms with Crippen molar-refractivity contribution < 1.29 is 27.7 Å². The average molecular weight is 331 g/mol. The van der Waals surface area contributed by atoms with Crippen molar-refractivity contribution in [1.29, 1.82) is 0 Å². The van der Waals surface area contributed by atoms with E-state index >= 15 is 0 Å². The number of carbonyl (C=O) groups excluding carboxylic acids is 2. The van der Waals surface area contributed by atoms with E-state index in [2.05, 4.69) is 0 Å². The van der Waals surface area contributed by atoms with Gasteiger partial charge in [-0.1, -0.05) is 6.07 Å². The first-order valence-corrected chi connectivity index (χ1v) is 6.54. The Bertz CT molecular complexity index is 662. The fourth-order valence-corrected chi connectivity index (χ4v) is 2.31. The molecule has 0 N–H and O–H groups in total. The highest BCUT2D eigenvalue weighted by Crippen LogP contribution is 2.27. The van der Waals surface area contributed by atoms with Gasteiger partial charge in [0.1, 0.15) is 6.54 Å². The number of benzene rings is 1. The second kappa shape index (κ2) is 5.86. The summed E-state index contributed by atoms with van der Waals surface area (Å²) in [6, 6.07) is 4.34. The van der Waals surface area contributed by atoms with Gasteiger partial charge < -0.3 is 9.80 Å². The molecular weight excluding hydrogens is 319 g/mol. The van der Waals surface area contributed by atoms with Crippen molar-refractivity contribution in [2.45, 2.75) is 19.1 Å². The molecule has 0 radical (unpaired) electrons. The van der Waals surface area contributed by atoms with Crippen molar-refractivity contribution >= 4 is 23.2 Å². The molecule has 23 heavy (non-hydrogen) atoms. The Hall–Kier alpha value is -2.65. The molecule has 1 aromatic rings. The van der Waals surface area contributed by atoms with E-state index in [-0.39, 0.29) is 17.9 Å². The molecule has 2 rings (SSSR count). The Balaban J connectivity index is 2.23. The maximum absolute atomic E-state index is 12.5. The van der Waals surface area contributed by atoms with Crippen LogP contribution in [0.5, 0.6) is 0 Å². The van der Waals surface area contributed by atoms with Crippen molar-refractivity contribution in [3.63, 3.8) is 0 Å². The number of nitro groups is 1. The molecule has 1 saturated heterocycles. The van der Waals surface area contributed by atoms with Crippen LogP contribution in [0.25, 0.3) is 0 Å². The number of rotatable bonds is 2. The molecule has 7 nitrogen and oxygen atoms in total. The van der Waals surface area contributed by atoms with Gasteiger partial charge in [0.2, 0.25) is 5.91 Å². The van der Waals surface area contributed by atoms with Gasteiger partial charge >= 0.3 is 12.1 Å². The molecule has 0 spiro atoms. The highest BCUT2D eigenvalue weighted by Gasteiger charge is 2.46. The highest BCUT2D eigenvalue weighted by molar-refractivity contribution is 5.99. The second-order valence-electron chi connectivity index (χ2n) is 5.06. The van der Waals surface area contributed by atoms with Crippen LogP contribution in [0, 0.1) is 10.1 Å². The van der Waals surface area contributed by atoms with Gasteiger partial charge in [-0.3, -0.25) is 19.7 Å². The van der Waals surface area contributed by atoms with Crippen LogP contribution < -0.4 is 4.90 Å². The zero-order valence-electron chi connectivity index (χ0n) is 11.9. The maximum atomic E-state index is 12.5. The second-order valence-corrected chi connectivity index (χ2v) is 5.06. The van der Waals surface area contributed by atoms with E-state index in [1.807, 2.05) is 0 Å². The lowest BCUT2D eigenvalue weighted by atomic mass is 10.1. The lowest BCUT2D eigenvalue weighted by molar-refractivity contribution is -0.384. The van der Waals surface area contributed by atoms with Gasteiger partial charge in [0, 0.05) is 24.7 Å². The molecule has 0 saturated carbocycles. The predicted octanol–water partition coefficient (Wildman–Crippen LogP) is 1.72. The minimum absolute atomic E-state index is 0.179. The number of hydrogen-bond acceptors (Lipinski definition) is 4. The molecule has 0 unspecified atom stereocenters. The van der Waals surface area contributed by atoms with Crippen molar-refractivity contribution in [3.05, 3.63) is 34.4 Å². The first kappa shape index (κ1) is 16.7. The van der Waals surface area contributed by atoms with Crippen molar-refractivity contribution in [2.75, 3.05) is 18.0 Å². The maximum Gasteiger partial charge on any atom is 0.471 e. The van der Waals surface area contributed by atoms with Crippen LogP contribution in [0.2, 0.25) is 0 Å². The summed E-state index contributed by atoms with van der Waals surface area (Å²) < 4.78 is 37.5. The van der Waals surface area contributed by atoms with Gasteiger partial charge in [-0.05, 0) is 13.0 Å². The van der Waals surface area contributed by atoms with Gasteiger partial charge in [-0.2, -0.15) is 13.2 Å². The number of amides is 2. The minimum Gasteiger partial charge on any atom is -0.321 e. The predicted molar refractivity (Wildman–Crippen MR) is 72.7 cm³/mol.